The summed E-state index contributed by atoms with van der Waals surface area (Å²) >= 11 is 12.2. The fourth-order valence-corrected chi connectivity index (χ4v) is 9.89. The number of nitro groups is 1. The largest absolute Gasteiger partial charge is 0.497 e. The molecule has 0 spiro atoms. The maximum atomic E-state index is 14.7. The number of rotatable bonds is 14. The van der Waals surface area contributed by atoms with Gasteiger partial charge in [-0.25, -0.2) is 13.2 Å². The number of nitrogens with zero attached hydrogens (tertiary/aromatic N) is 3. The van der Waals surface area contributed by atoms with E-state index < -0.39 is 62.1 Å². The SMILES string of the molecule is COC(=O)[C@H](Cc1ccc(-c2ccc(C#N)cc2)cc1)NC(=O)[C@@H]1Cc2cc3c(cc2CN1S(=O)(=O)c1ccc(OC)cc1[N+](=O)[O-])O[C@@H](c1ccc(OCc2ccc(Cl)c(Cl)c2)cc1)CO3. The lowest BCUT2D eigenvalue weighted by atomic mass is 9.93. The summed E-state index contributed by atoms with van der Waals surface area (Å²) in [6.07, 6.45) is -0.761. The number of hydrogen-bond acceptors (Lipinski definition) is 12. The van der Waals surface area contributed by atoms with Crippen LogP contribution in [0.5, 0.6) is 23.0 Å². The molecule has 67 heavy (non-hydrogen) atoms. The van der Waals surface area contributed by atoms with E-state index in [1.807, 2.05) is 42.5 Å². The van der Waals surface area contributed by atoms with Crippen LogP contribution in [-0.4, -0.2) is 62.4 Å². The number of benzene rings is 6. The van der Waals surface area contributed by atoms with Crippen LogP contribution in [-0.2, 0) is 50.3 Å². The molecule has 342 valence electrons. The molecule has 18 heteroatoms. The predicted molar refractivity (Wildman–Crippen MR) is 247 cm³/mol. The first kappa shape index (κ1) is 46.4. The molecule has 3 atom stereocenters. The van der Waals surface area contributed by atoms with Crippen molar-refractivity contribution in [2.24, 2.45) is 0 Å². The first-order valence-electron chi connectivity index (χ1n) is 20.7. The Morgan fingerprint density at radius 3 is 2.19 bits per heavy atom. The van der Waals surface area contributed by atoms with Crippen molar-refractivity contribution < 1.29 is 46.6 Å². The van der Waals surface area contributed by atoms with Gasteiger partial charge in [0.15, 0.2) is 22.5 Å². The minimum absolute atomic E-state index is 0.0135. The number of nitro benzene ring substituents is 1. The Hall–Kier alpha value is -7.16. The van der Waals surface area contributed by atoms with E-state index in [-0.39, 0.29) is 31.8 Å². The number of methoxy groups -OCH3 is 2. The van der Waals surface area contributed by atoms with Gasteiger partial charge in [0.1, 0.15) is 36.8 Å². The highest BCUT2D eigenvalue weighted by molar-refractivity contribution is 7.89. The average Bonchev–Trinajstić information content (AvgIpc) is 3.35. The van der Waals surface area contributed by atoms with Gasteiger partial charge in [0.05, 0.1) is 46.9 Å². The van der Waals surface area contributed by atoms with E-state index in [0.29, 0.717) is 49.5 Å². The fourth-order valence-electron chi connectivity index (χ4n) is 7.86. The smallest absolute Gasteiger partial charge is 0.328 e. The van der Waals surface area contributed by atoms with Crippen LogP contribution in [0.3, 0.4) is 0 Å². The molecule has 1 amide bonds. The van der Waals surface area contributed by atoms with Gasteiger partial charge in [-0.1, -0.05) is 77.8 Å². The maximum Gasteiger partial charge on any atom is 0.328 e. The van der Waals surface area contributed by atoms with Crippen molar-refractivity contribution in [2.45, 2.75) is 49.1 Å². The molecule has 1 N–H and O–H groups in total. The zero-order valence-electron chi connectivity index (χ0n) is 35.8. The Kier molecular flexibility index (Phi) is 13.7. The Labute approximate surface area is 395 Å². The van der Waals surface area contributed by atoms with Crippen molar-refractivity contribution in [2.75, 3.05) is 20.8 Å². The first-order chi connectivity index (χ1) is 32.2. The first-order valence-corrected chi connectivity index (χ1v) is 22.9. The normalized spacial score (nSPS) is 15.9. The minimum atomic E-state index is -4.82. The van der Waals surface area contributed by atoms with Gasteiger partial charge in [-0.2, -0.15) is 9.57 Å². The van der Waals surface area contributed by atoms with Crippen LogP contribution in [0.2, 0.25) is 10.0 Å². The zero-order chi connectivity index (χ0) is 47.4. The molecule has 15 nitrogen and oxygen atoms in total. The molecule has 2 aliphatic rings. The van der Waals surface area contributed by atoms with Gasteiger partial charge in [0.2, 0.25) is 5.91 Å². The number of ether oxygens (including phenoxy) is 5. The van der Waals surface area contributed by atoms with Crippen LogP contribution in [0.15, 0.2) is 126 Å². The van der Waals surface area contributed by atoms with Gasteiger partial charge >= 0.3 is 5.97 Å². The molecular formula is C49H40Cl2N4O11S. The lowest BCUT2D eigenvalue weighted by Crippen LogP contribution is -2.56. The number of nitrogens with one attached hydrogen (secondary N) is 1. The van der Waals surface area contributed by atoms with Crippen LogP contribution in [0, 0.1) is 21.4 Å². The van der Waals surface area contributed by atoms with E-state index in [9.17, 15) is 28.1 Å². The van der Waals surface area contributed by atoms with E-state index >= 15 is 0 Å². The monoisotopic (exact) mass is 962 g/mol. The Bertz CT molecular complexity index is 3020. The third-order valence-corrected chi connectivity index (χ3v) is 14.1. The molecule has 2 aliphatic heterocycles. The van der Waals surface area contributed by atoms with Gasteiger partial charge in [0, 0.05) is 13.0 Å². The number of sulfonamides is 1. The average molecular weight is 964 g/mol. The summed E-state index contributed by atoms with van der Waals surface area (Å²) in [7, 11) is -2.35. The van der Waals surface area contributed by atoms with Crippen LogP contribution >= 0.6 is 23.2 Å². The number of esters is 1. The van der Waals surface area contributed by atoms with E-state index in [1.165, 1.54) is 20.3 Å². The van der Waals surface area contributed by atoms with Crippen molar-refractivity contribution in [1.82, 2.24) is 9.62 Å². The van der Waals surface area contributed by atoms with Crippen LogP contribution in [0.4, 0.5) is 5.69 Å². The Morgan fingerprint density at radius 1 is 0.866 bits per heavy atom. The summed E-state index contributed by atoms with van der Waals surface area (Å²) < 4.78 is 59.1. The third-order valence-electron chi connectivity index (χ3n) is 11.4. The topological polar surface area (TPSA) is 197 Å². The second-order valence-corrected chi connectivity index (χ2v) is 18.3. The lowest BCUT2D eigenvalue weighted by Gasteiger charge is -2.36. The summed E-state index contributed by atoms with van der Waals surface area (Å²) in [5.41, 5.74) is 4.79. The van der Waals surface area contributed by atoms with Gasteiger partial charge in [0.25, 0.3) is 15.7 Å². The second-order valence-electron chi connectivity index (χ2n) is 15.6. The van der Waals surface area contributed by atoms with Crippen LogP contribution in [0.25, 0.3) is 11.1 Å². The molecule has 0 fully saturated rings. The number of carbonyl (C=O) groups is 2. The summed E-state index contributed by atoms with van der Waals surface area (Å²) in [4.78, 5) is 38.6. The van der Waals surface area contributed by atoms with Crippen LogP contribution < -0.4 is 24.3 Å². The van der Waals surface area contributed by atoms with Crippen molar-refractivity contribution in [3.63, 3.8) is 0 Å². The highest BCUT2D eigenvalue weighted by Gasteiger charge is 2.44. The maximum absolute atomic E-state index is 14.7. The van der Waals surface area contributed by atoms with Crippen molar-refractivity contribution in [3.05, 3.63) is 175 Å². The highest BCUT2D eigenvalue weighted by Crippen LogP contribution is 2.43. The van der Waals surface area contributed by atoms with Crippen molar-refractivity contribution in [3.8, 4) is 40.2 Å². The number of carbonyl (C=O) groups excluding carboxylic acids is 2. The summed E-state index contributed by atoms with van der Waals surface area (Å²) in [6.45, 7) is 0.00284. The zero-order valence-corrected chi connectivity index (χ0v) is 38.1. The van der Waals surface area contributed by atoms with E-state index in [1.54, 1.807) is 60.7 Å². The summed E-state index contributed by atoms with van der Waals surface area (Å²) in [5, 5.41) is 25.1. The molecule has 8 rings (SSSR count). The molecule has 0 aliphatic carbocycles. The van der Waals surface area contributed by atoms with Gasteiger partial charge in [-0.3, -0.25) is 14.9 Å². The molecule has 0 unspecified atom stereocenters. The molecule has 0 radical (unpaired) electrons. The quantitative estimate of drug-likeness (QED) is 0.0621. The highest BCUT2D eigenvalue weighted by atomic mass is 35.5. The standard InChI is InChI=1S/C49H40Cl2N4O11S/c1-62-38-16-18-47(42(24-38)55(58)59)67(60,61)54-26-36-23-45-44(65-28-46(66-45)34-12-14-37(15-13-34)64-27-31-7-17-39(50)40(51)19-31)22-35(36)21-43(54)48(56)53-41(49(57)63-2)20-29-3-8-32(9-4-29)33-10-5-30(25-52)6-11-33/h3-19,22-24,41,43,46H,20-21,26-28H2,1-2H3,(H,53,56)/t41-,43-,46+/m0/s1. The van der Waals surface area contributed by atoms with E-state index in [2.05, 4.69) is 11.4 Å². The van der Waals surface area contributed by atoms with E-state index in [4.69, 9.17) is 52.1 Å². The minimum Gasteiger partial charge on any atom is -0.497 e. The lowest BCUT2D eigenvalue weighted by molar-refractivity contribution is -0.387. The molecule has 0 aromatic heterocycles. The number of fused-ring (bicyclic) bond motifs is 2. The molecule has 0 saturated carbocycles. The van der Waals surface area contributed by atoms with E-state index in [0.717, 1.165) is 38.7 Å². The third kappa shape index (κ3) is 10.2. The molecule has 0 bridgehead atoms. The summed E-state index contributed by atoms with van der Waals surface area (Å²) in [6, 6.07) is 32.8. The fraction of sp³-hybridized carbons (Fsp3) is 0.204. The van der Waals surface area contributed by atoms with Crippen LogP contribution in [0.1, 0.15) is 39.5 Å². The number of halogens is 2. The molecular weight excluding hydrogens is 924 g/mol. The molecule has 2 heterocycles. The molecule has 0 saturated heterocycles. The summed E-state index contributed by atoms with van der Waals surface area (Å²) in [5.74, 6) is -0.268. The van der Waals surface area contributed by atoms with Crippen molar-refractivity contribution >= 4 is 50.8 Å². The number of nitriles is 1. The number of hydrogen-bond donors (Lipinski definition) is 1. The van der Waals surface area contributed by atoms with Gasteiger partial charge < -0.3 is 29.0 Å². The van der Waals surface area contributed by atoms with Gasteiger partial charge in [-0.05, 0) is 106 Å². The van der Waals surface area contributed by atoms with Gasteiger partial charge in [-0.15, -0.1) is 0 Å². The van der Waals surface area contributed by atoms with Crippen molar-refractivity contribution in [1.29, 1.82) is 5.26 Å². The second kappa shape index (κ2) is 19.7. The Morgan fingerprint density at radius 2 is 1.54 bits per heavy atom. The molecule has 6 aromatic carbocycles. The molecule has 6 aromatic rings. The Balaban J connectivity index is 1.05. The number of amides is 1. The predicted octanol–water partition coefficient (Wildman–Crippen LogP) is 8.56.